The van der Waals surface area contributed by atoms with Gasteiger partial charge in [0, 0.05) is 9.79 Å². The maximum absolute atomic E-state index is 11.9. The Bertz CT molecular complexity index is 698. The predicted molar refractivity (Wildman–Crippen MR) is 71.7 cm³/mol. The third-order valence-electron chi connectivity index (χ3n) is 2.28. The molecule has 0 amide bonds. The zero-order chi connectivity index (χ0) is 15.9. The van der Waals surface area contributed by atoms with Crippen LogP contribution in [-0.2, 0) is 39.8 Å². The summed E-state index contributed by atoms with van der Waals surface area (Å²) in [4.78, 5) is -0.316. The first-order valence-electron chi connectivity index (χ1n) is 5.38. The zero-order valence-corrected chi connectivity index (χ0v) is 13.6. The molecule has 0 aliphatic carbocycles. The fourth-order valence-corrected chi connectivity index (χ4v) is 4.12. The van der Waals surface area contributed by atoms with Crippen molar-refractivity contribution in [1.29, 1.82) is 0 Å². The van der Waals surface area contributed by atoms with Crippen LogP contribution >= 0.6 is 0 Å². The SMILES string of the molecule is O=S(=O)([N-]S(=O)(=O)c1ccccc1)c1ccccc1.[F][Pd+]. The van der Waals surface area contributed by atoms with Crippen LogP contribution in [0.4, 0.5) is 3.22 Å². The standard InChI is InChI=1S/C12H10NO4S2.FH.Pd/c14-18(15,11-7-3-1-4-8-11)13-19(16,17)12-9-5-2-6-10-12;;/h1-10H;1H;/q-1;;+2/p-1. The topological polar surface area (TPSA) is 82.4 Å². The number of benzene rings is 2. The van der Waals surface area contributed by atoms with Crippen molar-refractivity contribution in [2.24, 2.45) is 0 Å². The van der Waals surface area contributed by atoms with E-state index in [1.54, 1.807) is 12.1 Å². The quantitative estimate of drug-likeness (QED) is 0.710. The summed E-state index contributed by atoms with van der Waals surface area (Å²) in [5, 5.41) is 0. The van der Waals surface area contributed by atoms with Gasteiger partial charge in [-0.25, -0.2) is 16.8 Å². The molecule has 0 atom stereocenters. The molecule has 2 rings (SSSR count). The average molecular weight is 422 g/mol. The number of nitrogens with zero attached hydrogens (tertiary/aromatic N) is 1. The number of hydrogen-bond acceptors (Lipinski definition) is 4. The van der Waals surface area contributed by atoms with Crippen molar-refractivity contribution in [2.45, 2.75) is 9.79 Å². The van der Waals surface area contributed by atoms with Crippen molar-refractivity contribution in [2.75, 3.05) is 0 Å². The minimum absolute atomic E-state index is 0.158. The monoisotopic (exact) mass is 421 g/mol. The molecule has 2 aromatic carbocycles. The van der Waals surface area contributed by atoms with E-state index in [1.807, 2.05) is 0 Å². The maximum atomic E-state index is 11.9. The molecule has 0 N–H and O–H groups in total. The molecule has 0 aromatic heterocycles. The average Bonchev–Trinajstić information content (AvgIpc) is 2.50. The Morgan fingerprint density at radius 1 is 0.667 bits per heavy atom. The molecule has 0 spiro atoms. The first-order valence-corrected chi connectivity index (χ1v) is 8.85. The zero-order valence-electron chi connectivity index (χ0n) is 10.4. The molecule has 2 aromatic rings. The summed E-state index contributed by atoms with van der Waals surface area (Å²) < 4.78 is 59.9. The van der Waals surface area contributed by atoms with Gasteiger partial charge in [-0.1, -0.05) is 36.4 Å². The third kappa shape index (κ3) is 4.98. The molecule has 5 nitrogen and oxygen atoms in total. The van der Waals surface area contributed by atoms with Crippen LogP contribution < -0.4 is 0 Å². The van der Waals surface area contributed by atoms with E-state index in [9.17, 15) is 20.1 Å². The molecule has 9 heteroatoms. The van der Waals surface area contributed by atoms with Gasteiger partial charge in [0.2, 0.25) is 0 Å². The van der Waals surface area contributed by atoms with Crippen LogP contribution in [-0.4, -0.2) is 16.8 Å². The van der Waals surface area contributed by atoms with Crippen molar-refractivity contribution in [3.05, 3.63) is 64.8 Å². The summed E-state index contributed by atoms with van der Waals surface area (Å²) in [6, 6.07) is 14.4. The van der Waals surface area contributed by atoms with Crippen LogP contribution in [0.15, 0.2) is 70.5 Å². The Hall–Kier alpha value is -1.11. The Morgan fingerprint density at radius 3 is 1.24 bits per heavy atom. The second-order valence-corrected chi connectivity index (χ2v) is 7.09. The molecule has 0 unspecified atom stereocenters. The molecule has 21 heavy (non-hydrogen) atoms. The van der Waals surface area contributed by atoms with E-state index in [1.165, 1.54) is 68.2 Å². The van der Waals surface area contributed by atoms with E-state index < -0.39 is 20.0 Å². The molecule has 116 valence electrons. The number of sulfonamides is 2. The molecule has 0 fully saturated rings. The Kier molecular flexibility index (Phi) is 6.64. The van der Waals surface area contributed by atoms with Gasteiger partial charge in [-0.3, -0.25) is 0 Å². The van der Waals surface area contributed by atoms with Gasteiger partial charge in [0.15, 0.2) is 0 Å². The summed E-state index contributed by atoms with van der Waals surface area (Å²) in [6.45, 7) is 0. The van der Waals surface area contributed by atoms with Gasteiger partial charge in [0.25, 0.3) is 0 Å². The second kappa shape index (κ2) is 7.77. The molecule has 0 radical (unpaired) electrons. The van der Waals surface area contributed by atoms with Gasteiger partial charge in [0.05, 0.1) is 0 Å². The Balaban J connectivity index is 0.00000106. The summed E-state index contributed by atoms with van der Waals surface area (Å²) in [5.74, 6) is 0. The fourth-order valence-electron chi connectivity index (χ4n) is 1.40. The van der Waals surface area contributed by atoms with E-state index in [-0.39, 0.29) is 9.79 Å². The van der Waals surface area contributed by atoms with Crippen LogP contribution in [0.1, 0.15) is 0 Å². The van der Waals surface area contributed by atoms with Crippen LogP contribution in [0.25, 0.3) is 4.13 Å². The van der Waals surface area contributed by atoms with E-state index in [2.05, 4.69) is 4.13 Å². The van der Waals surface area contributed by atoms with Crippen molar-refractivity contribution in [1.82, 2.24) is 0 Å². The van der Waals surface area contributed by atoms with Crippen molar-refractivity contribution < 1.29 is 39.8 Å². The third-order valence-corrected chi connectivity index (χ3v) is 5.58. The summed E-state index contributed by atoms with van der Waals surface area (Å²) in [7, 11) is -8.46. The first-order chi connectivity index (χ1) is 9.92. The Morgan fingerprint density at radius 2 is 0.952 bits per heavy atom. The molecular weight excluding hydrogens is 412 g/mol. The van der Waals surface area contributed by atoms with Crippen molar-refractivity contribution >= 4 is 20.0 Å². The van der Waals surface area contributed by atoms with E-state index in [0.717, 1.165) is 0 Å². The normalized spacial score (nSPS) is 11.4. The van der Waals surface area contributed by atoms with Gasteiger partial charge in [0.1, 0.15) is 20.0 Å². The molecular formula is C12H10FNO4PdS2. The molecule has 0 heterocycles. The molecule has 0 saturated heterocycles. The number of hydrogen-bond donors (Lipinski definition) is 0. The molecule has 0 saturated carbocycles. The van der Waals surface area contributed by atoms with E-state index in [0.29, 0.717) is 0 Å². The van der Waals surface area contributed by atoms with Crippen LogP contribution in [0.5, 0.6) is 0 Å². The van der Waals surface area contributed by atoms with Gasteiger partial charge in [-0.2, -0.15) is 0 Å². The summed E-state index contributed by atoms with van der Waals surface area (Å²) in [5.41, 5.74) is 0. The van der Waals surface area contributed by atoms with Crippen LogP contribution in [0, 0.1) is 0 Å². The van der Waals surface area contributed by atoms with E-state index in [4.69, 9.17) is 0 Å². The number of halogens is 1. The molecule has 0 bridgehead atoms. The fraction of sp³-hybridized carbons (Fsp3) is 0. The Labute approximate surface area is 134 Å². The van der Waals surface area contributed by atoms with Gasteiger partial charge in [-0.05, 0) is 24.3 Å². The second-order valence-electron chi connectivity index (χ2n) is 3.65. The van der Waals surface area contributed by atoms with Crippen LogP contribution in [0.2, 0.25) is 0 Å². The van der Waals surface area contributed by atoms with Crippen LogP contribution in [0.3, 0.4) is 0 Å². The van der Waals surface area contributed by atoms with E-state index >= 15 is 0 Å². The van der Waals surface area contributed by atoms with Gasteiger partial charge < -0.3 is 4.13 Å². The molecule has 0 aliphatic rings. The molecule has 0 aliphatic heterocycles. The minimum atomic E-state index is -4.23. The van der Waals surface area contributed by atoms with Crippen molar-refractivity contribution in [3.63, 3.8) is 0 Å². The predicted octanol–water partition coefficient (Wildman–Crippen LogP) is 2.56. The van der Waals surface area contributed by atoms with Crippen molar-refractivity contribution in [3.8, 4) is 0 Å². The van der Waals surface area contributed by atoms with Gasteiger partial charge >= 0.3 is 22.9 Å². The van der Waals surface area contributed by atoms with Gasteiger partial charge in [-0.15, -0.1) is 0 Å². The summed E-state index contributed by atoms with van der Waals surface area (Å²) in [6.07, 6.45) is 0. The number of rotatable bonds is 4. The first kappa shape index (κ1) is 17.9. The summed E-state index contributed by atoms with van der Waals surface area (Å²) >= 11 is 1.25.